The van der Waals surface area contributed by atoms with Crippen LogP contribution in [0.1, 0.15) is 90.0 Å². The maximum Gasteiger partial charge on any atom is 0.201 e. The average molecular weight is 451 g/mol. The summed E-state index contributed by atoms with van der Waals surface area (Å²) in [6.45, 7) is 4.14. The molecule has 0 aliphatic rings. The fourth-order valence-electron chi connectivity index (χ4n) is 3.61. The summed E-state index contributed by atoms with van der Waals surface area (Å²) in [7, 11) is 0. The normalized spacial score (nSPS) is 12.2. The minimum atomic E-state index is -1.000. The van der Waals surface area contributed by atoms with E-state index in [1.165, 1.54) is 37.8 Å². The van der Waals surface area contributed by atoms with E-state index >= 15 is 0 Å². The Labute approximate surface area is 190 Å². The molecule has 0 fully saturated rings. The van der Waals surface area contributed by atoms with Crippen LogP contribution in [-0.2, 0) is 6.42 Å². The van der Waals surface area contributed by atoms with Gasteiger partial charge in [0.2, 0.25) is 5.82 Å². The molecule has 0 spiro atoms. The molecule has 1 aromatic heterocycles. The summed E-state index contributed by atoms with van der Waals surface area (Å²) in [5.41, 5.74) is 0.951. The standard InChI is InChI=1S/C26H37F3N2O/c1-3-4-5-6-7-8-12-17-32-23-16-15-22(24(28)25(23)29)26-30-18-21(19-31-26)14-11-9-10-13-20(2)27/h15-16,18-20H,3-14,17H2,1-2H3. The van der Waals surface area contributed by atoms with Crippen LogP contribution in [-0.4, -0.2) is 22.7 Å². The van der Waals surface area contributed by atoms with E-state index in [4.69, 9.17) is 4.74 Å². The Morgan fingerprint density at radius 3 is 2.19 bits per heavy atom. The van der Waals surface area contributed by atoms with Gasteiger partial charge in [0, 0.05) is 12.4 Å². The van der Waals surface area contributed by atoms with Gasteiger partial charge in [0.25, 0.3) is 0 Å². The van der Waals surface area contributed by atoms with Crippen LogP contribution in [0.5, 0.6) is 5.75 Å². The number of benzene rings is 1. The zero-order chi connectivity index (χ0) is 23.2. The lowest BCUT2D eigenvalue weighted by atomic mass is 10.1. The average Bonchev–Trinajstić information content (AvgIpc) is 2.78. The van der Waals surface area contributed by atoms with Gasteiger partial charge in [0.15, 0.2) is 17.4 Å². The molecule has 0 saturated heterocycles. The molecule has 0 amide bonds. The summed E-state index contributed by atoms with van der Waals surface area (Å²) >= 11 is 0. The number of hydrogen-bond donors (Lipinski definition) is 0. The van der Waals surface area contributed by atoms with Gasteiger partial charge >= 0.3 is 0 Å². The van der Waals surface area contributed by atoms with Crippen molar-refractivity contribution in [3.05, 3.63) is 41.7 Å². The van der Waals surface area contributed by atoms with Gasteiger partial charge in [-0.1, -0.05) is 58.3 Å². The summed E-state index contributed by atoms with van der Waals surface area (Å²) in [4.78, 5) is 8.41. The Hall–Kier alpha value is -2.11. The predicted octanol–water partition coefficient (Wildman–Crippen LogP) is 8.01. The monoisotopic (exact) mass is 450 g/mol. The molecule has 2 aromatic rings. The Bertz CT molecular complexity index is 781. The van der Waals surface area contributed by atoms with Crippen LogP contribution in [0.2, 0.25) is 0 Å². The molecule has 0 bridgehead atoms. The molecule has 6 heteroatoms. The fourth-order valence-corrected chi connectivity index (χ4v) is 3.61. The molecule has 0 saturated carbocycles. The molecule has 2 rings (SSSR count). The van der Waals surface area contributed by atoms with Crippen LogP contribution in [0, 0.1) is 11.6 Å². The van der Waals surface area contributed by atoms with Crippen molar-refractivity contribution in [3.63, 3.8) is 0 Å². The first kappa shape index (κ1) is 26.1. The Morgan fingerprint density at radius 2 is 1.50 bits per heavy atom. The van der Waals surface area contributed by atoms with Gasteiger partial charge in [-0.25, -0.2) is 18.7 Å². The number of hydrogen-bond acceptors (Lipinski definition) is 3. The molecule has 178 valence electrons. The van der Waals surface area contributed by atoms with Gasteiger partial charge in [-0.15, -0.1) is 0 Å². The SMILES string of the molecule is CCCCCCCCCOc1ccc(-c2ncc(CCCCCC(C)F)cn2)c(F)c1F. The van der Waals surface area contributed by atoms with Crippen LogP contribution >= 0.6 is 0 Å². The lowest BCUT2D eigenvalue weighted by Gasteiger charge is -2.10. The van der Waals surface area contributed by atoms with E-state index < -0.39 is 17.8 Å². The second-order valence-electron chi connectivity index (χ2n) is 8.50. The van der Waals surface area contributed by atoms with Gasteiger partial charge < -0.3 is 4.74 Å². The number of nitrogens with zero attached hydrogens (tertiary/aromatic N) is 2. The Morgan fingerprint density at radius 1 is 0.844 bits per heavy atom. The molecule has 3 nitrogen and oxygen atoms in total. The van der Waals surface area contributed by atoms with Crippen molar-refractivity contribution >= 4 is 0 Å². The highest BCUT2D eigenvalue weighted by atomic mass is 19.2. The molecule has 0 radical (unpaired) electrons. The summed E-state index contributed by atoms with van der Waals surface area (Å²) in [5, 5.41) is 0. The summed E-state index contributed by atoms with van der Waals surface area (Å²) < 4.78 is 47.3. The lowest BCUT2D eigenvalue weighted by Crippen LogP contribution is -2.03. The third-order valence-electron chi connectivity index (χ3n) is 5.57. The van der Waals surface area contributed by atoms with Crippen LogP contribution in [0.15, 0.2) is 24.5 Å². The molecule has 1 heterocycles. The molecule has 0 aliphatic heterocycles. The number of aromatic nitrogens is 2. The van der Waals surface area contributed by atoms with E-state index in [-0.39, 0.29) is 17.1 Å². The van der Waals surface area contributed by atoms with Crippen LogP contribution in [0.3, 0.4) is 0 Å². The molecule has 0 aliphatic carbocycles. The van der Waals surface area contributed by atoms with Gasteiger partial charge in [0.05, 0.1) is 18.3 Å². The van der Waals surface area contributed by atoms with E-state index in [0.29, 0.717) is 13.0 Å². The van der Waals surface area contributed by atoms with Crippen LogP contribution < -0.4 is 4.74 Å². The predicted molar refractivity (Wildman–Crippen MR) is 124 cm³/mol. The van der Waals surface area contributed by atoms with Crippen molar-refractivity contribution in [3.8, 4) is 17.1 Å². The van der Waals surface area contributed by atoms with Gasteiger partial charge in [0.1, 0.15) is 0 Å². The molecule has 1 unspecified atom stereocenters. The summed E-state index contributed by atoms with van der Waals surface area (Å²) in [6, 6.07) is 2.91. The van der Waals surface area contributed by atoms with E-state index in [1.807, 2.05) is 0 Å². The quantitative estimate of drug-likeness (QED) is 0.243. The number of rotatable bonds is 16. The zero-order valence-corrected chi connectivity index (χ0v) is 19.5. The highest BCUT2D eigenvalue weighted by molar-refractivity contribution is 5.57. The van der Waals surface area contributed by atoms with Crippen LogP contribution in [0.4, 0.5) is 13.2 Å². The third-order valence-corrected chi connectivity index (χ3v) is 5.57. The molecule has 1 aromatic carbocycles. The number of halogens is 3. The Kier molecular flexibility index (Phi) is 12.1. The van der Waals surface area contributed by atoms with Gasteiger partial charge in [-0.3, -0.25) is 0 Å². The van der Waals surface area contributed by atoms with Crippen molar-refractivity contribution in [2.75, 3.05) is 6.61 Å². The maximum atomic E-state index is 14.6. The van der Waals surface area contributed by atoms with E-state index in [0.717, 1.165) is 50.5 Å². The van der Waals surface area contributed by atoms with Crippen molar-refractivity contribution in [1.29, 1.82) is 0 Å². The maximum absolute atomic E-state index is 14.6. The zero-order valence-electron chi connectivity index (χ0n) is 19.5. The third kappa shape index (κ3) is 9.17. The largest absolute Gasteiger partial charge is 0.490 e. The fraction of sp³-hybridized carbons (Fsp3) is 0.615. The Balaban J connectivity index is 1.81. The highest BCUT2D eigenvalue weighted by Gasteiger charge is 2.17. The molecule has 32 heavy (non-hydrogen) atoms. The second-order valence-corrected chi connectivity index (χ2v) is 8.50. The molecule has 0 N–H and O–H groups in total. The molecular weight excluding hydrogens is 413 g/mol. The molecule has 1 atom stereocenters. The first-order valence-electron chi connectivity index (χ1n) is 12.1. The smallest absolute Gasteiger partial charge is 0.201 e. The van der Waals surface area contributed by atoms with Gasteiger partial charge in [-0.05, 0) is 50.3 Å². The first-order chi connectivity index (χ1) is 15.5. The van der Waals surface area contributed by atoms with Crippen molar-refractivity contribution < 1.29 is 17.9 Å². The van der Waals surface area contributed by atoms with E-state index in [1.54, 1.807) is 19.3 Å². The lowest BCUT2D eigenvalue weighted by molar-refractivity contribution is 0.285. The summed E-state index contributed by atoms with van der Waals surface area (Å²) in [5.74, 6) is -1.91. The highest BCUT2D eigenvalue weighted by Crippen LogP contribution is 2.28. The van der Waals surface area contributed by atoms with Crippen molar-refractivity contribution in [2.45, 2.75) is 97.1 Å². The number of aryl methyl sites for hydroxylation is 1. The van der Waals surface area contributed by atoms with Crippen LogP contribution in [0.25, 0.3) is 11.4 Å². The minimum absolute atomic E-state index is 0.0225. The summed E-state index contributed by atoms with van der Waals surface area (Å²) in [6.07, 6.45) is 14.5. The topological polar surface area (TPSA) is 35.0 Å². The molecular formula is C26H37F3N2O. The minimum Gasteiger partial charge on any atom is -0.490 e. The van der Waals surface area contributed by atoms with E-state index in [2.05, 4.69) is 16.9 Å². The van der Waals surface area contributed by atoms with Crippen molar-refractivity contribution in [2.24, 2.45) is 0 Å². The van der Waals surface area contributed by atoms with E-state index in [9.17, 15) is 13.2 Å². The number of ether oxygens (including phenoxy) is 1. The first-order valence-corrected chi connectivity index (χ1v) is 12.1. The number of alkyl halides is 1. The van der Waals surface area contributed by atoms with Gasteiger partial charge in [-0.2, -0.15) is 4.39 Å². The number of unbranched alkanes of at least 4 members (excludes halogenated alkanes) is 8. The second kappa shape index (κ2) is 14.9. The van der Waals surface area contributed by atoms with Crippen molar-refractivity contribution in [1.82, 2.24) is 9.97 Å².